The first kappa shape index (κ1) is 31.6. The Hall–Kier alpha value is -7.62. The molecule has 270 valence electrons. The first-order valence-corrected chi connectivity index (χ1v) is 20.0. The van der Waals surface area contributed by atoms with Crippen molar-refractivity contribution in [3.05, 3.63) is 229 Å². The maximum atomic E-state index is 6.84. The predicted octanol–water partition coefficient (Wildman–Crippen LogP) is 14.1. The van der Waals surface area contributed by atoms with E-state index in [4.69, 9.17) is 4.42 Å². The number of aromatic nitrogens is 2. The van der Waals surface area contributed by atoms with E-state index in [2.05, 4.69) is 215 Å². The van der Waals surface area contributed by atoms with Gasteiger partial charge in [-0.05, 0) is 81.9 Å². The molecule has 0 saturated heterocycles. The summed E-state index contributed by atoms with van der Waals surface area (Å²) in [5.41, 5.74) is 15.7. The zero-order valence-electron chi connectivity index (χ0n) is 31.4. The van der Waals surface area contributed by atoms with Crippen LogP contribution in [0.2, 0.25) is 0 Å². The summed E-state index contributed by atoms with van der Waals surface area (Å²) in [6, 6.07) is 75.6. The fourth-order valence-corrected chi connectivity index (χ4v) is 10.5. The fraction of sp³-hybridized carbons (Fsp3) is 0.0182. The summed E-state index contributed by atoms with van der Waals surface area (Å²) in [5.74, 6) is 0. The number of benzene rings is 9. The summed E-state index contributed by atoms with van der Waals surface area (Å²) in [6.45, 7) is 0. The molecule has 0 radical (unpaired) electrons. The molecule has 12 aromatic rings. The summed E-state index contributed by atoms with van der Waals surface area (Å²) >= 11 is 0. The minimum atomic E-state index is -0.523. The van der Waals surface area contributed by atoms with Crippen LogP contribution in [0.4, 0.5) is 0 Å². The van der Waals surface area contributed by atoms with E-state index in [1.54, 1.807) is 0 Å². The lowest BCUT2D eigenvalue weighted by molar-refractivity contribution is 0.673. The van der Waals surface area contributed by atoms with Crippen LogP contribution in [-0.2, 0) is 5.41 Å². The number of hydrogen-bond acceptors (Lipinski definition) is 1. The van der Waals surface area contributed by atoms with E-state index in [0.29, 0.717) is 0 Å². The van der Waals surface area contributed by atoms with Gasteiger partial charge in [-0.3, -0.25) is 0 Å². The minimum Gasteiger partial charge on any atom is -0.455 e. The van der Waals surface area contributed by atoms with Crippen molar-refractivity contribution in [2.75, 3.05) is 0 Å². The maximum absolute atomic E-state index is 6.84. The van der Waals surface area contributed by atoms with Gasteiger partial charge in [0, 0.05) is 32.6 Å². The van der Waals surface area contributed by atoms with E-state index in [-0.39, 0.29) is 0 Å². The molecule has 0 bridgehead atoms. The molecule has 3 nitrogen and oxygen atoms in total. The zero-order valence-corrected chi connectivity index (χ0v) is 31.4. The highest BCUT2D eigenvalue weighted by Gasteiger charge is 2.46. The van der Waals surface area contributed by atoms with Crippen LogP contribution >= 0.6 is 0 Å². The molecule has 0 aliphatic heterocycles. The van der Waals surface area contributed by atoms with Gasteiger partial charge >= 0.3 is 0 Å². The molecule has 0 fully saturated rings. The quantitative estimate of drug-likeness (QED) is 0.176. The molecular formula is C55H34N2O. The third-order valence-corrected chi connectivity index (χ3v) is 12.8. The van der Waals surface area contributed by atoms with Crippen LogP contribution in [0.25, 0.3) is 88.1 Å². The Bertz CT molecular complexity index is 3530. The number of nitrogens with zero attached hydrogens (tertiary/aromatic N) is 2. The van der Waals surface area contributed by atoms with Crippen LogP contribution in [0, 0.1) is 0 Å². The van der Waals surface area contributed by atoms with Gasteiger partial charge < -0.3 is 13.6 Å². The maximum Gasteiger partial charge on any atom is 0.145 e. The molecule has 1 aliphatic carbocycles. The SMILES string of the molecule is c1ccc(C2(c3ccccc3)c3ccccc3-c3ccc(-n4c5ccc6c7ccccc7oc6c5c5cccc(-n6c7ccccc7c7ccccc76)c54)cc32)cc1. The highest BCUT2D eigenvalue weighted by molar-refractivity contribution is 6.25. The molecule has 9 aromatic carbocycles. The molecule has 13 rings (SSSR count). The molecule has 58 heavy (non-hydrogen) atoms. The van der Waals surface area contributed by atoms with Gasteiger partial charge in [-0.15, -0.1) is 0 Å². The second-order valence-corrected chi connectivity index (χ2v) is 15.6. The smallest absolute Gasteiger partial charge is 0.145 e. The second kappa shape index (κ2) is 11.7. The van der Waals surface area contributed by atoms with E-state index in [9.17, 15) is 0 Å². The van der Waals surface area contributed by atoms with E-state index < -0.39 is 5.41 Å². The molecule has 0 amide bonds. The van der Waals surface area contributed by atoms with Crippen molar-refractivity contribution in [3.8, 4) is 22.5 Å². The lowest BCUT2D eigenvalue weighted by Crippen LogP contribution is -2.28. The standard InChI is InChI=1S/C55H34N2O/c1-3-16-35(17-4-1)55(36-18-5-2-6-19-36)45-25-11-7-20-38(45)39-31-30-37(34-46(39)55)56-49-33-32-43-42-23-10-14-29-51(42)58-54(43)52(49)44-24-15-28-50(53(44)56)57-47-26-12-8-21-40(47)41-22-9-13-27-48(41)57/h1-34H. The number of para-hydroxylation sites is 4. The van der Waals surface area contributed by atoms with Gasteiger partial charge in [0.1, 0.15) is 11.2 Å². The predicted molar refractivity (Wildman–Crippen MR) is 240 cm³/mol. The third kappa shape index (κ3) is 4.02. The molecule has 3 aromatic heterocycles. The van der Waals surface area contributed by atoms with Crippen molar-refractivity contribution < 1.29 is 4.42 Å². The summed E-state index contributed by atoms with van der Waals surface area (Å²) < 4.78 is 11.8. The topological polar surface area (TPSA) is 23.0 Å². The molecule has 3 heterocycles. The monoisotopic (exact) mass is 738 g/mol. The summed E-state index contributed by atoms with van der Waals surface area (Å²) in [5, 5.41) is 7.00. The van der Waals surface area contributed by atoms with Crippen molar-refractivity contribution in [2.45, 2.75) is 5.41 Å². The number of hydrogen-bond donors (Lipinski definition) is 0. The van der Waals surface area contributed by atoms with Crippen LogP contribution in [0.1, 0.15) is 22.3 Å². The Morgan fingerprint density at radius 1 is 0.379 bits per heavy atom. The van der Waals surface area contributed by atoms with Gasteiger partial charge in [0.25, 0.3) is 0 Å². The van der Waals surface area contributed by atoms with E-state index in [0.717, 1.165) is 55.1 Å². The van der Waals surface area contributed by atoms with Crippen LogP contribution < -0.4 is 0 Å². The largest absolute Gasteiger partial charge is 0.455 e. The van der Waals surface area contributed by atoms with Gasteiger partial charge in [-0.25, -0.2) is 0 Å². The van der Waals surface area contributed by atoms with Crippen molar-refractivity contribution in [1.82, 2.24) is 9.13 Å². The van der Waals surface area contributed by atoms with Crippen molar-refractivity contribution >= 4 is 65.6 Å². The lowest BCUT2D eigenvalue weighted by Gasteiger charge is -2.34. The Morgan fingerprint density at radius 3 is 1.72 bits per heavy atom. The molecule has 0 unspecified atom stereocenters. The summed E-state index contributed by atoms with van der Waals surface area (Å²) in [7, 11) is 0. The molecule has 1 aliphatic rings. The minimum absolute atomic E-state index is 0.523. The summed E-state index contributed by atoms with van der Waals surface area (Å²) in [4.78, 5) is 0. The van der Waals surface area contributed by atoms with Gasteiger partial charge in [-0.1, -0.05) is 158 Å². The fourth-order valence-electron chi connectivity index (χ4n) is 10.5. The van der Waals surface area contributed by atoms with Crippen LogP contribution in [0.3, 0.4) is 0 Å². The van der Waals surface area contributed by atoms with Gasteiger partial charge in [0.05, 0.1) is 38.6 Å². The Kier molecular flexibility index (Phi) is 6.37. The number of fused-ring (bicyclic) bond motifs is 13. The summed E-state index contributed by atoms with van der Waals surface area (Å²) in [6.07, 6.45) is 0. The number of furan rings is 1. The highest BCUT2D eigenvalue weighted by atomic mass is 16.3. The Morgan fingerprint density at radius 2 is 0.983 bits per heavy atom. The van der Waals surface area contributed by atoms with Gasteiger partial charge in [0.15, 0.2) is 0 Å². The molecule has 0 saturated carbocycles. The zero-order chi connectivity index (χ0) is 38.0. The molecule has 0 N–H and O–H groups in total. The highest BCUT2D eigenvalue weighted by Crippen LogP contribution is 2.57. The molecular weight excluding hydrogens is 705 g/mol. The first-order chi connectivity index (χ1) is 28.8. The van der Waals surface area contributed by atoms with Gasteiger partial charge in [-0.2, -0.15) is 0 Å². The first-order valence-electron chi connectivity index (χ1n) is 20.0. The Labute approximate surface area is 334 Å². The average Bonchev–Trinajstić information content (AvgIpc) is 4.02. The molecule has 0 spiro atoms. The van der Waals surface area contributed by atoms with Gasteiger partial charge in [0.2, 0.25) is 0 Å². The molecule has 0 atom stereocenters. The average molecular weight is 739 g/mol. The van der Waals surface area contributed by atoms with E-state index in [1.807, 2.05) is 0 Å². The Balaban J connectivity index is 1.20. The molecule has 3 heteroatoms. The lowest BCUT2D eigenvalue weighted by atomic mass is 9.67. The van der Waals surface area contributed by atoms with Crippen LogP contribution in [0.15, 0.2) is 211 Å². The van der Waals surface area contributed by atoms with Crippen molar-refractivity contribution in [2.24, 2.45) is 0 Å². The third-order valence-electron chi connectivity index (χ3n) is 12.8. The van der Waals surface area contributed by atoms with E-state index >= 15 is 0 Å². The van der Waals surface area contributed by atoms with E-state index in [1.165, 1.54) is 55.2 Å². The van der Waals surface area contributed by atoms with Crippen molar-refractivity contribution in [1.29, 1.82) is 0 Å². The van der Waals surface area contributed by atoms with Crippen LogP contribution in [0.5, 0.6) is 0 Å². The normalized spacial score (nSPS) is 13.3. The van der Waals surface area contributed by atoms with Crippen molar-refractivity contribution in [3.63, 3.8) is 0 Å². The second-order valence-electron chi connectivity index (χ2n) is 15.6. The number of rotatable bonds is 4. The van der Waals surface area contributed by atoms with Crippen LogP contribution in [-0.4, -0.2) is 9.13 Å².